The van der Waals surface area contributed by atoms with Gasteiger partial charge in [0.2, 0.25) is 12.1 Å². The Morgan fingerprint density at radius 2 is 2.71 bits per heavy atom. The van der Waals surface area contributed by atoms with Gasteiger partial charge >= 0.3 is 0 Å². The molecule has 1 aliphatic heterocycles. The molecule has 0 bridgehead atoms. The molecule has 1 aliphatic rings. The summed E-state index contributed by atoms with van der Waals surface area (Å²) in [6.07, 6.45) is -0.676. The normalized spacial score (nSPS) is 28.1. The van der Waals surface area contributed by atoms with Crippen LogP contribution in [-0.2, 0) is 4.79 Å². The third-order valence-electron chi connectivity index (χ3n) is 0.629. The SMILES string of the molecule is O=C1C=NNC1F. The molecule has 0 spiro atoms. The van der Waals surface area contributed by atoms with E-state index in [0.717, 1.165) is 6.21 Å². The van der Waals surface area contributed by atoms with Crippen molar-refractivity contribution in [2.24, 2.45) is 5.10 Å². The number of hydrazone groups is 1. The van der Waals surface area contributed by atoms with Gasteiger partial charge in [-0.3, -0.25) is 10.2 Å². The number of nitrogens with zero attached hydrogens (tertiary/aromatic N) is 1. The number of carbonyl (C=O) groups excluding carboxylic acids is 1. The van der Waals surface area contributed by atoms with Crippen molar-refractivity contribution < 1.29 is 9.18 Å². The number of nitrogens with one attached hydrogen (secondary N) is 1. The van der Waals surface area contributed by atoms with Crippen LogP contribution in [0.15, 0.2) is 5.10 Å². The highest BCUT2D eigenvalue weighted by Gasteiger charge is 2.17. The fourth-order valence-corrected chi connectivity index (χ4v) is 0.295. The number of hydrogen-bond donors (Lipinski definition) is 1. The van der Waals surface area contributed by atoms with Crippen LogP contribution in [0.3, 0.4) is 0 Å². The first kappa shape index (κ1) is 4.23. The lowest BCUT2D eigenvalue weighted by Crippen LogP contribution is -2.20. The molecule has 1 unspecified atom stereocenters. The maximum atomic E-state index is 11.7. The Kier molecular flexibility index (Phi) is 0.780. The standard InChI is InChI=1S/C3H3FN2O/c4-3-2(7)1-5-6-3/h1,3,6H. The van der Waals surface area contributed by atoms with E-state index in [1.165, 1.54) is 0 Å². The molecule has 0 amide bonds. The number of carbonyl (C=O) groups is 1. The number of alkyl halides is 1. The molecule has 7 heavy (non-hydrogen) atoms. The number of ketones is 1. The van der Waals surface area contributed by atoms with E-state index in [1.54, 1.807) is 0 Å². The quantitative estimate of drug-likeness (QED) is 0.416. The van der Waals surface area contributed by atoms with Crippen LogP contribution in [0.25, 0.3) is 0 Å². The average molecular weight is 102 g/mol. The van der Waals surface area contributed by atoms with Crippen LogP contribution in [0.2, 0.25) is 0 Å². The highest BCUT2D eigenvalue weighted by atomic mass is 19.1. The Bertz CT molecular complexity index is 122. The van der Waals surface area contributed by atoms with E-state index < -0.39 is 12.1 Å². The summed E-state index contributed by atoms with van der Waals surface area (Å²) in [7, 11) is 0. The second kappa shape index (κ2) is 1.29. The van der Waals surface area contributed by atoms with Crippen molar-refractivity contribution >= 4 is 12.0 Å². The van der Waals surface area contributed by atoms with Crippen LogP contribution in [0.5, 0.6) is 0 Å². The predicted molar refractivity (Wildman–Crippen MR) is 21.5 cm³/mol. The number of rotatable bonds is 0. The number of halogens is 1. The summed E-state index contributed by atoms with van der Waals surface area (Å²) in [6.45, 7) is 0. The lowest BCUT2D eigenvalue weighted by Gasteiger charge is -1.89. The zero-order valence-electron chi connectivity index (χ0n) is 3.39. The van der Waals surface area contributed by atoms with Gasteiger partial charge in [0.1, 0.15) is 0 Å². The van der Waals surface area contributed by atoms with Crippen molar-refractivity contribution in [2.75, 3.05) is 0 Å². The molecule has 1 atom stereocenters. The smallest absolute Gasteiger partial charge is 0.249 e. The Balaban J connectivity index is 2.62. The van der Waals surface area contributed by atoms with Gasteiger partial charge in [0.25, 0.3) is 0 Å². The van der Waals surface area contributed by atoms with Crippen molar-refractivity contribution in [1.29, 1.82) is 0 Å². The zero-order chi connectivity index (χ0) is 5.28. The molecule has 0 aliphatic carbocycles. The minimum atomic E-state index is -1.60. The molecule has 0 aromatic heterocycles. The van der Waals surface area contributed by atoms with Gasteiger partial charge in [-0.25, -0.2) is 4.39 Å². The summed E-state index contributed by atoms with van der Waals surface area (Å²) >= 11 is 0. The first-order valence-corrected chi connectivity index (χ1v) is 1.77. The van der Waals surface area contributed by atoms with Gasteiger partial charge in [0.05, 0.1) is 6.21 Å². The lowest BCUT2D eigenvalue weighted by atomic mass is 10.4. The molecule has 1 rings (SSSR count). The summed E-state index contributed by atoms with van der Waals surface area (Å²) in [5.41, 5.74) is 1.92. The molecule has 38 valence electrons. The van der Waals surface area contributed by atoms with E-state index >= 15 is 0 Å². The molecule has 3 nitrogen and oxygen atoms in total. The third kappa shape index (κ3) is 0.581. The monoisotopic (exact) mass is 102 g/mol. The van der Waals surface area contributed by atoms with Crippen molar-refractivity contribution in [3.63, 3.8) is 0 Å². The van der Waals surface area contributed by atoms with Gasteiger partial charge in [0.15, 0.2) is 0 Å². The van der Waals surface area contributed by atoms with Crippen molar-refractivity contribution in [3.05, 3.63) is 0 Å². The van der Waals surface area contributed by atoms with Gasteiger partial charge in [0, 0.05) is 0 Å². The van der Waals surface area contributed by atoms with Crippen LogP contribution in [0, 0.1) is 0 Å². The average Bonchev–Trinajstić information content (AvgIpc) is 1.91. The third-order valence-corrected chi connectivity index (χ3v) is 0.629. The fraction of sp³-hybridized carbons (Fsp3) is 0.333. The molecule has 0 aromatic rings. The summed E-state index contributed by atoms with van der Waals surface area (Å²) in [5.74, 6) is -0.611. The van der Waals surface area contributed by atoms with E-state index in [-0.39, 0.29) is 0 Å². The van der Waals surface area contributed by atoms with Crippen molar-refractivity contribution in [3.8, 4) is 0 Å². The minimum absolute atomic E-state index is 0.611. The molecule has 0 fully saturated rings. The highest BCUT2D eigenvalue weighted by Crippen LogP contribution is 1.90. The van der Waals surface area contributed by atoms with E-state index in [2.05, 4.69) is 5.10 Å². The first-order chi connectivity index (χ1) is 3.30. The molecule has 0 saturated heterocycles. The van der Waals surface area contributed by atoms with E-state index in [9.17, 15) is 9.18 Å². The summed E-state index contributed by atoms with van der Waals surface area (Å²) in [6, 6.07) is 0. The molecule has 0 saturated carbocycles. The van der Waals surface area contributed by atoms with Crippen LogP contribution in [0.4, 0.5) is 4.39 Å². The van der Waals surface area contributed by atoms with Crippen LogP contribution in [0.1, 0.15) is 0 Å². The van der Waals surface area contributed by atoms with Crippen LogP contribution < -0.4 is 5.43 Å². The van der Waals surface area contributed by atoms with Crippen LogP contribution in [-0.4, -0.2) is 18.3 Å². The second-order valence-corrected chi connectivity index (χ2v) is 1.15. The molecule has 1 N–H and O–H groups in total. The molecule has 4 heteroatoms. The minimum Gasteiger partial charge on any atom is -0.287 e. The molecular formula is C3H3FN2O. The molecule has 1 heterocycles. The zero-order valence-corrected chi connectivity index (χ0v) is 3.39. The molecular weight excluding hydrogens is 99.0 g/mol. The molecule has 0 radical (unpaired) electrons. The second-order valence-electron chi connectivity index (χ2n) is 1.15. The van der Waals surface area contributed by atoms with Gasteiger partial charge < -0.3 is 0 Å². The largest absolute Gasteiger partial charge is 0.287 e. The first-order valence-electron chi connectivity index (χ1n) is 1.77. The number of Topliss-reactive ketones (excluding diaryl/α,β-unsaturated/α-hetero) is 1. The molecule has 0 aromatic carbocycles. The maximum Gasteiger partial charge on any atom is 0.249 e. The van der Waals surface area contributed by atoms with Gasteiger partial charge in [-0.05, 0) is 0 Å². The predicted octanol–water partition coefficient (Wildman–Crippen LogP) is -0.560. The van der Waals surface area contributed by atoms with Gasteiger partial charge in [-0.2, -0.15) is 5.10 Å². The van der Waals surface area contributed by atoms with E-state index in [1.807, 2.05) is 5.43 Å². The fourth-order valence-electron chi connectivity index (χ4n) is 0.295. The van der Waals surface area contributed by atoms with Gasteiger partial charge in [-0.1, -0.05) is 0 Å². The highest BCUT2D eigenvalue weighted by molar-refractivity contribution is 6.30. The Morgan fingerprint density at radius 1 is 2.00 bits per heavy atom. The summed E-state index contributed by atoms with van der Waals surface area (Å²) in [4.78, 5) is 9.99. The number of hydrogen-bond acceptors (Lipinski definition) is 3. The summed E-state index contributed by atoms with van der Waals surface area (Å²) in [5, 5.41) is 3.15. The Morgan fingerprint density at radius 3 is 2.86 bits per heavy atom. The van der Waals surface area contributed by atoms with E-state index in [4.69, 9.17) is 0 Å². The topological polar surface area (TPSA) is 41.5 Å². The van der Waals surface area contributed by atoms with Gasteiger partial charge in [-0.15, -0.1) is 0 Å². The van der Waals surface area contributed by atoms with E-state index in [0.29, 0.717) is 0 Å². The Hall–Kier alpha value is -0.930. The Labute approximate surface area is 39.2 Å². The van der Waals surface area contributed by atoms with Crippen molar-refractivity contribution in [2.45, 2.75) is 6.30 Å². The van der Waals surface area contributed by atoms with Crippen molar-refractivity contribution in [1.82, 2.24) is 5.43 Å². The lowest BCUT2D eigenvalue weighted by molar-refractivity contribution is -0.116. The van der Waals surface area contributed by atoms with Crippen LogP contribution >= 0.6 is 0 Å². The maximum absolute atomic E-state index is 11.7. The summed E-state index contributed by atoms with van der Waals surface area (Å²) < 4.78 is 11.7.